The lowest BCUT2D eigenvalue weighted by atomic mass is 10.1. The van der Waals surface area contributed by atoms with Crippen molar-refractivity contribution in [2.75, 3.05) is 46.6 Å². The highest BCUT2D eigenvalue weighted by Gasteiger charge is 2.37. The molecular formula is C20H31N3O2. The molecule has 1 heterocycles. The molecule has 0 radical (unpaired) electrons. The van der Waals surface area contributed by atoms with Crippen LogP contribution in [0.15, 0.2) is 35.3 Å². The highest BCUT2D eigenvalue weighted by Crippen LogP contribution is 2.46. The topological polar surface area (TPSA) is 54.9 Å². The van der Waals surface area contributed by atoms with Crippen molar-refractivity contribution in [3.8, 4) is 0 Å². The van der Waals surface area contributed by atoms with E-state index in [9.17, 15) is 0 Å². The summed E-state index contributed by atoms with van der Waals surface area (Å²) >= 11 is 0. The minimum atomic E-state index is 0.596. The molecule has 2 fully saturated rings. The minimum Gasteiger partial charge on any atom is -0.381 e. The van der Waals surface area contributed by atoms with Crippen LogP contribution in [-0.4, -0.2) is 52.5 Å². The third-order valence-electron chi connectivity index (χ3n) is 5.04. The molecule has 0 bridgehead atoms. The summed E-state index contributed by atoms with van der Waals surface area (Å²) in [5.74, 6) is 2.92. The van der Waals surface area contributed by atoms with E-state index in [2.05, 4.69) is 46.0 Å². The van der Waals surface area contributed by atoms with Gasteiger partial charge in [-0.15, -0.1) is 0 Å². The van der Waals surface area contributed by atoms with Crippen LogP contribution in [0.4, 0.5) is 0 Å². The van der Waals surface area contributed by atoms with Gasteiger partial charge >= 0.3 is 0 Å². The van der Waals surface area contributed by atoms with Crippen LogP contribution in [0.3, 0.4) is 0 Å². The Morgan fingerprint density at radius 1 is 1.28 bits per heavy atom. The number of nitrogens with one attached hydrogen (secondary N) is 2. The molecule has 5 heteroatoms. The number of rotatable bonds is 9. The highest BCUT2D eigenvalue weighted by molar-refractivity contribution is 5.79. The first-order valence-corrected chi connectivity index (χ1v) is 9.51. The number of guanidine groups is 1. The Hall–Kier alpha value is -1.59. The zero-order valence-corrected chi connectivity index (χ0v) is 15.2. The van der Waals surface area contributed by atoms with Crippen molar-refractivity contribution in [1.82, 2.24) is 10.6 Å². The second-order valence-corrected chi connectivity index (χ2v) is 7.05. The van der Waals surface area contributed by atoms with Gasteiger partial charge in [0.2, 0.25) is 0 Å². The van der Waals surface area contributed by atoms with E-state index in [0.29, 0.717) is 11.8 Å². The monoisotopic (exact) mass is 345 g/mol. The molecule has 0 spiro atoms. The van der Waals surface area contributed by atoms with Gasteiger partial charge in [0.05, 0.1) is 13.2 Å². The van der Waals surface area contributed by atoms with Gasteiger partial charge in [0.25, 0.3) is 0 Å². The lowest BCUT2D eigenvalue weighted by molar-refractivity contribution is 0.0888. The lowest BCUT2D eigenvalue weighted by Gasteiger charge is -2.12. The maximum absolute atomic E-state index is 5.72. The molecule has 0 amide bonds. The SMILES string of the molecule is CN=C(NCCCOCC1CCOC1)NCC1CC1c1ccccc1. The molecule has 1 saturated heterocycles. The molecule has 3 unspecified atom stereocenters. The largest absolute Gasteiger partial charge is 0.381 e. The van der Waals surface area contributed by atoms with Crippen LogP contribution in [0, 0.1) is 11.8 Å². The number of hydrogen-bond acceptors (Lipinski definition) is 3. The summed E-state index contributed by atoms with van der Waals surface area (Å²) in [5, 5.41) is 6.82. The van der Waals surface area contributed by atoms with E-state index in [1.54, 1.807) is 0 Å². The second kappa shape index (κ2) is 9.78. The van der Waals surface area contributed by atoms with E-state index >= 15 is 0 Å². The minimum absolute atomic E-state index is 0.596. The van der Waals surface area contributed by atoms with Crippen LogP contribution in [0.25, 0.3) is 0 Å². The van der Waals surface area contributed by atoms with Crippen LogP contribution >= 0.6 is 0 Å². The van der Waals surface area contributed by atoms with Gasteiger partial charge < -0.3 is 20.1 Å². The zero-order chi connectivity index (χ0) is 17.3. The van der Waals surface area contributed by atoms with E-state index in [0.717, 1.165) is 64.2 Å². The Morgan fingerprint density at radius 3 is 2.92 bits per heavy atom. The molecule has 138 valence electrons. The maximum Gasteiger partial charge on any atom is 0.190 e. The molecule has 0 aromatic heterocycles. The van der Waals surface area contributed by atoms with Gasteiger partial charge in [-0.2, -0.15) is 0 Å². The summed E-state index contributed by atoms with van der Waals surface area (Å²) in [5.41, 5.74) is 1.46. The molecule has 1 aliphatic carbocycles. The third kappa shape index (κ3) is 6.01. The first kappa shape index (κ1) is 18.2. The first-order chi connectivity index (χ1) is 12.4. The van der Waals surface area contributed by atoms with Crippen LogP contribution in [0.2, 0.25) is 0 Å². The lowest BCUT2D eigenvalue weighted by Crippen LogP contribution is -2.39. The average molecular weight is 345 g/mol. The van der Waals surface area contributed by atoms with Gasteiger partial charge in [0.15, 0.2) is 5.96 Å². The number of hydrogen-bond donors (Lipinski definition) is 2. The van der Waals surface area contributed by atoms with E-state index in [1.807, 2.05) is 7.05 Å². The van der Waals surface area contributed by atoms with Crippen molar-refractivity contribution < 1.29 is 9.47 Å². The predicted octanol–water partition coefficient (Wildman–Crippen LogP) is 2.40. The molecule has 5 nitrogen and oxygen atoms in total. The second-order valence-electron chi connectivity index (χ2n) is 7.05. The Kier molecular flexibility index (Phi) is 7.12. The van der Waals surface area contributed by atoms with E-state index in [1.165, 1.54) is 12.0 Å². The Bertz CT molecular complexity index is 529. The molecule has 25 heavy (non-hydrogen) atoms. The summed E-state index contributed by atoms with van der Waals surface area (Å²) in [7, 11) is 1.83. The van der Waals surface area contributed by atoms with Gasteiger partial charge in [-0.1, -0.05) is 30.3 Å². The summed E-state index contributed by atoms with van der Waals surface area (Å²) < 4.78 is 11.1. The van der Waals surface area contributed by atoms with E-state index in [-0.39, 0.29) is 0 Å². The molecule has 1 saturated carbocycles. The van der Waals surface area contributed by atoms with E-state index < -0.39 is 0 Å². The summed E-state index contributed by atoms with van der Waals surface area (Å²) in [6.45, 7) is 5.24. The molecule has 1 aromatic carbocycles. The van der Waals surface area contributed by atoms with Crippen LogP contribution in [0.1, 0.15) is 30.7 Å². The fourth-order valence-electron chi connectivity index (χ4n) is 3.38. The van der Waals surface area contributed by atoms with Crippen LogP contribution < -0.4 is 10.6 Å². The third-order valence-corrected chi connectivity index (χ3v) is 5.04. The van der Waals surface area contributed by atoms with Crippen molar-refractivity contribution in [3.05, 3.63) is 35.9 Å². The molecule has 3 rings (SSSR count). The van der Waals surface area contributed by atoms with Crippen molar-refractivity contribution in [2.24, 2.45) is 16.8 Å². The number of benzene rings is 1. The molecule has 2 N–H and O–H groups in total. The van der Waals surface area contributed by atoms with Crippen LogP contribution in [0.5, 0.6) is 0 Å². The Labute approximate surface area is 151 Å². The molecule has 1 aliphatic heterocycles. The first-order valence-electron chi connectivity index (χ1n) is 9.51. The van der Waals surface area contributed by atoms with Crippen LogP contribution in [-0.2, 0) is 9.47 Å². The van der Waals surface area contributed by atoms with Crippen molar-refractivity contribution in [1.29, 1.82) is 0 Å². The van der Waals surface area contributed by atoms with Gasteiger partial charge in [-0.3, -0.25) is 4.99 Å². The standard InChI is InChI=1S/C20H31N3O2/c1-21-20(22-9-5-10-24-14-16-8-11-25-15-16)23-13-18-12-19(18)17-6-3-2-4-7-17/h2-4,6-7,16,18-19H,5,8-15H2,1H3,(H2,21,22,23). The van der Waals surface area contributed by atoms with Gasteiger partial charge in [0, 0.05) is 39.3 Å². The summed E-state index contributed by atoms with van der Waals surface area (Å²) in [4.78, 5) is 4.30. The number of nitrogens with zero attached hydrogens (tertiary/aromatic N) is 1. The van der Waals surface area contributed by atoms with Gasteiger partial charge in [-0.05, 0) is 36.7 Å². The number of ether oxygens (including phenoxy) is 2. The number of aliphatic imine (C=N–C) groups is 1. The fraction of sp³-hybridized carbons (Fsp3) is 0.650. The molecule has 1 aromatic rings. The molecule has 3 atom stereocenters. The van der Waals surface area contributed by atoms with Crippen molar-refractivity contribution >= 4 is 5.96 Å². The normalized spacial score (nSPS) is 25.8. The quantitative estimate of drug-likeness (QED) is 0.410. The molecular weight excluding hydrogens is 314 g/mol. The van der Waals surface area contributed by atoms with Gasteiger partial charge in [0.1, 0.15) is 0 Å². The molecule has 2 aliphatic rings. The summed E-state index contributed by atoms with van der Waals surface area (Å²) in [6.07, 6.45) is 3.40. The predicted molar refractivity (Wildman–Crippen MR) is 101 cm³/mol. The smallest absolute Gasteiger partial charge is 0.190 e. The Morgan fingerprint density at radius 2 is 2.16 bits per heavy atom. The maximum atomic E-state index is 5.72. The fourth-order valence-corrected chi connectivity index (χ4v) is 3.38. The highest BCUT2D eigenvalue weighted by atomic mass is 16.5. The average Bonchev–Trinajstić information content (AvgIpc) is 3.25. The van der Waals surface area contributed by atoms with Gasteiger partial charge in [-0.25, -0.2) is 0 Å². The Balaban J connectivity index is 1.23. The van der Waals surface area contributed by atoms with Crippen molar-refractivity contribution in [2.45, 2.75) is 25.2 Å². The van der Waals surface area contributed by atoms with E-state index in [4.69, 9.17) is 9.47 Å². The summed E-state index contributed by atoms with van der Waals surface area (Å²) in [6, 6.07) is 10.8. The zero-order valence-electron chi connectivity index (χ0n) is 15.2. The van der Waals surface area contributed by atoms with Crippen molar-refractivity contribution in [3.63, 3.8) is 0 Å².